The lowest BCUT2D eigenvalue weighted by Crippen LogP contribution is -2.05. The zero-order valence-corrected chi connectivity index (χ0v) is 14.3. The second-order valence-corrected chi connectivity index (χ2v) is 6.00. The number of aromatic nitrogens is 2. The van der Waals surface area contributed by atoms with Gasteiger partial charge in [-0.05, 0) is 29.7 Å². The van der Waals surface area contributed by atoms with Crippen LogP contribution in [0.2, 0.25) is 0 Å². The van der Waals surface area contributed by atoms with Gasteiger partial charge in [-0.3, -0.25) is 4.98 Å². The second-order valence-electron chi connectivity index (χ2n) is 6.00. The number of hydrogen-bond donors (Lipinski definition) is 1. The van der Waals surface area contributed by atoms with Crippen LogP contribution in [0.1, 0.15) is 5.56 Å². The number of hydrogen-bond acceptors (Lipinski definition) is 4. The summed E-state index contributed by atoms with van der Waals surface area (Å²) < 4.78 is 5.66. The Morgan fingerprint density at radius 3 is 2.19 bits per heavy atom. The van der Waals surface area contributed by atoms with Crippen LogP contribution in [0.4, 0.5) is 5.88 Å². The molecule has 4 rings (SSSR count). The molecule has 1 N–H and O–H groups in total. The smallest absolute Gasteiger partial charge is 0.233 e. The average molecular weight is 341 g/mol. The third-order valence-corrected chi connectivity index (χ3v) is 4.25. The Bertz CT molecular complexity index is 951. The minimum absolute atomic E-state index is 0.686. The topological polar surface area (TPSA) is 51.0 Å². The van der Waals surface area contributed by atoms with Crippen LogP contribution in [0, 0.1) is 0 Å². The van der Waals surface area contributed by atoms with E-state index >= 15 is 0 Å². The number of rotatable bonds is 6. The van der Waals surface area contributed by atoms with Crippen LogP contribution < -0.4 is 5.32 Å². The van der Waals surface area contributed by atoms with E-state index in [2.05, 4.69) is 39.7 Å². The fourth-order valence-electron chi connectivity index (χ4n) is 2.96. The number of benzene rings is 2. The molecule has 0 fully saturated rings. The molecule has 26 heavy (non-hydrogen) atoms. The Morgan fingerprint density at radius 1 is 0.769 bits per heavy atom. The minimum Gasteiger partial charge on any atom is -0.353 e. The summed E-state index contributed by atoms with van der Waals surface area (Å²) in [5, 5.41) is 7.73. The molecule has 0 atom stereocenters. The van der Waals surface area contributed by atoms with Crippen molar-refractivity contribution in [1.29, 1.82) is 0 Å². The first-order valence-corrected chi connectivity index (χ1v) is 8.65. The highest BCUT2D eigenvalue weighted by atomic mass is 16.5. The van der Waals surface area contributed by atoms with Crippen LogP contribution in [-0.4, -0.2) is 16.7 Å². The van der Waals surface area contributed by atoms with Crippen LogP contribution in [-0.2, 0) is 6.42 Å². The van der Waals surface area contributed by atoms with Crippen LogP contribution in [0.25, 0.3) is 22.4 Å². The normalized spacial score (nSPS) is 10.6. The number of nitrogens with zero attached hydrogens (tertiary/aromatic N) is 2. The first-order chi connectivity index (χ1) is 12.9. The van der Waals surface area contributed by atoms with Crippen molar-refractivity contribution in [1.82, 2.24) is 10.1 Å². The molecule has 2 aromatic heterocycles. The molecule has 2 aromatic carbocycles. The van der Waals surface area contributed by atoms with E-state index in [1.165, 1.54) is 5.56 Å². The predicted octanol–water partition coefficient (Wildman–Crippen LogP) is 5.06. The molecule has 0 aliphatic carbocycles. The summed E-state index contributed by atoms with van der Waals surface area (Å²) in [7, 11) is 0. The van der Waals surface area contributed by atoms with Crippen molar-refractivity contribution in [2.24, 2.45) is 0 Å². The Hall–Kier alpha value is -3.40. The van der Waals surface area contributed by atoms with Crippen molar-refractivity contribution in [2.45, 2.75) is 6.42 Å². The SMILES string of the molecule is c1ccc(CCNc2onc(-c3ccccc3)c2-c2ccncc2)cc1. The Kier molecular flexibility index (Phi) is 4.74. The van der Waals surface area contributed by atoms with Gasteiger partial charge in [-0.25, -0.2) is 0 Å². The maximum Gasteiger partial charge on any atom is 0.233 e. The molecule has 0 amide bonds. The molecule has 4 aromatic rings. The molecule has 0 radical (unpaired) electrons. The molecule has 0 spiro atoms. The molecule has 4 nitrogen and oxygen atoms in total. The highest BCUT2D eigenvalue weighted by Crippen LogP contribution is 2.37. The minimum atomic E-state index is 0.686. The summed E-state index contributed by atoms with van der Waals surface area (Å²) in [6.45, 7) is 0.769. The lowest BCUT2D eigenvalue weighted by atomic mass is 10.0. The monoisotopic (exact) mass is 341 g/mol. The standard InChI is InChI=1S/C22H19N3O/c1-3-7-17(8-4-1)11-16-24-22-20(18-12-14-23-15-13-18)21(25-26-22)19-9-5-2-6-10-19/h1-10,12-15,24H,11,16H2. The van der Waals surface area contributed by atoms with E-state index in [1.54, 1.807) is 12.4 Å². The highest BCUT2D eigenvalue weighted by Gasteiger charge is 2.19. The third-order valence-electron chi connectivity index (χ3n) is 4.25. The zero-order valence-electron chi connectivity index (χ0n) is 14.3. The fourth-order valence-corrected chi connectivity index (χ4v) is 2.96. The zero-order chi connectivity index (χ0) is 17.6. The first kappa shape index (κ1) is 16.1. The second kappa shape index (κ2) is 7.66. The Morgan fingerprint density at radius 2 is 1.46 bits per heavy atom. The van der Waals surface area contributed by atoms with Crippen LogP contribution in [0.3, 0.4) is 0 Å². The van der Waals surface area contributed by atoms with E-state index in [1.807, 2.05) is 48.5 Å². The van der Waals surface area contributed by atoms with E-state index in [-0.39, 0.29) is 0 Å². The van der Waals surface area contributed by atoms with Crippen molar-refractivity contribution in [2.75, 3.05) is 11.9 Å². The summed E-state index contributed by atoms with van der Waals surface area (Å²) >= 11 is 0. The fraction of sp³-hybridized carbons (Fsp3) is 0.0909. The molecule has 2 heterocycles. The average Bonchev–Trinajstić information content (AvgIpc) is 3.14. The van der Waals surface area contributed by atoms with E-state index in [0.29, 0.717) is 5.88 Å². The van der Waals surface area contributed by atoms with Crippen molar-refractivity contribution in [3.63, 3.8) is 0 Å². The van der Waals surface area contributed by atoms with Crippen LogP contribution in [0.15, 0.2) is 89.7 Å². The molecule has 0 aliphatic rings. The van der Waals surface area contributed by atoms with Gasteiger partial charge in [0.25, 0.3) is 0 Å². The van der Waals surface area contributed by atoms with Gasteiger partial charge < -0.3 is 9.84 Å². The maximum atomic E-state index is 5.66. The molecule has 0 aliphatic heterocycles. The van der Waals surface area contributed by atoms with Crippen molar-refractivity contribution >= 4 is 5.88 Å². The van der Waals surface area contributed by atoms with Crippen molar-refractivity contribution < 1.29 is 4.52 Å². The summed E-state index contributed by atoms with van der Waals surface area (Å²) in [6.07, 6.45) is 4.48. The molecule has 0 saturated heterocycles. The summed E-state index contributed by atoms with van der Waals surface area (Å²) in [4.78, 5) is 4.12. The van der Waals surface area contributed by atoms with Gasteiger partial charge in [-0.1, -0.05) is 65.8 Å². The number of pyridine rings is 1. The Labute approximate surface area is 152 Å². The van der Waals surface area contributed by atoms with E-state index in [4.69, 9.17) is 4.52 Å². The molecule has 4 heteroatoms. The van der Waals surface area contributed by atoms with E-state index < -0.39 is 0 Å². The van der Waals surface area contributed by atoms with Gasteiger partial charge in [0, 0.05) is 24.5 Å². The van der Waals surface area contributed by atoms with E-state index in [9.17, 15) is 0 Å². The molecule has 128 valence electrons. The lowest BCUT2D eigenvalue weighted by molar-refractivity contribution is 0.435. The first-order valence-electron chi connectivity index (χ1n) is 8.65. The largest absolute Gasteiger partial charge is 0.353 e. The molecule has 0 bridgehead atoms. The lowest BCUT2D eigenvalue weighted by Gasteiger charge is -2.07. The maximum absolute atomic E-state index is 5.66. The van der Waals surface area contributed by atoms with Crippen molar-refractivity contribution in [3.8, 4) is 22.4 Å². The summed E-state index contributed by atoms with van der Waals surface area (Å²) in [5.41, 5.74) is 5.14. The molecule has 0 saturated carbocycles. The van der Waals surface area contributed by atoms with Gasteiger partial charge in [0.1, 0.15) is 5.69 Å². The molecular weight excluding hydrogens is 322 g/mol. The number of nitrogens with one attached hydrogen (secondary N) is 1. The number of anilines is 1. The van der Waals surface area contributed by atoms with Crippen LogP contribution in [0.5, 0.6) is 0 Å². The summed E-state index contributed by atoms with van der Waals surface area (Å²) in [5.74, 6) is 0.686. The van der Waals surface area contributed by atoms with Crippen molar-refractivity contribution in [3.05, 3.63) is 90.8 Å². The third kappa shape index (κ3) is 3.49. The predicted molar refractivity (Wildman–Crippen MR) is 104 cm³/mol. The van der Waals surface area contributed by atoms with Gasteiger partial charge in [-0.15, -0.1) is 0 Å². The highest BCUT2D eigenvalue weighted by molar-refractivity contribution is 5.87. The molecular formula is C22H19N3O. The van der Waals surface area contributed by atoms with Gasteiger partial charge in [-0.2, -0.15) is 0 Å². The van der Waals surface area contributed by atoms with Gasteiger partial charge >= 0.3 is 0 Å². The quantitative estimate of drug-likeness (QED) is 0.533. The Balaban J connectivity index is 1.63. The van der Waals surface area contributed by atoms with Gasteiger partial charge in [0.05, 0.1) is 5.56 Å². The van der Waals surface area contributed by atoms with E-state index in [0.717, 1.165) is 35.3 Å². The molecule has 0 unspecified atom stereocenters. The van der Waals surface area contributed by atoms with Crippen LogP contribution >= 0.6 is 0 Å². The van der Waals surface area contributed by atoms with Gasteiger partial charge in [0.15, 0.2) is 0 Å². The van der Waals surface area contributed by atoms with Gasteiger partial charge in [0.2, 0.25) is 5.88 Å². The summed E-state index contributed by atoms with van der Waals surface area (Å²) in [6, 6.07) is 24.4.